The lowest BCUT2D eigenvalue weighted by atomic mass is 10.1. The van der Waals surface area contributed by atoms with Gasteiger partial charge in [0.25, 0.3) is 0 Å². The van der Waals surface area contributed by atoms with Gasteiger partial charge in [-0.2, -0.15) is 0 Å². The van der Waals surface area contributed by atoms with Crippen molar-refractivity contribution >= 4 is 17.7 Å². The van der Waals surface area contributed by atoms with Crippen LogP contribution in [-0.2, 0) is 4.79 Å². The Kier molecular flexibility index (Phi) is 9.53. The molecule has 178 valence electrons. The van der Waals surface area contributed by atoms with Crippen molar-refractivity contribution < 1.29 is 19.1 Å². The summed E-state index contributed by atoms with van der Waals surface area (Å²) in [7, 11) is 0. The third-order valence-electron chi connectivity index (χ3n) is 5.24. The number of anilines is 1. The van der Waals surface area contributed by atoms with Crippen LogP contribution >= 0.6 is 0 Å². The highest BCUT2D eigenvalue weighted by molar-refractivity contribution is 5.91. The number of nitrogens with zero attached hydrogens (tertiary/aromatic N) is 1. The van der Waals surface area contributed by atoms with Crippen LogP contribution in [0, 0.1) is 41.8 Å². The van der Waals surface area contributed by atoms with E-state index in [9.17, 15) is 19.1 Å². The monoisotopic (exact) mass is 455 g/mol. The summed E-state index contributed by atoms with van der Waals surface area (Å²) in [5, 5.41) is 14.6. The Morgan fingerprint density at radius 3 is 2.39 bits per heavy atom. The average Bonchev–Trinajstić information content (AvgIpc) is 3.50. The lowest BCUT2D eigenvalue weighted by molar-refractivity contribution is -0.138. The quantitative estimate of drug-likeness (QED) is 0.321. The summed E-state index contributed by atoms with van der Waals surface area (Å²) in [5.41, 5.74) is 1.22. The fourth-order valence-corrected chi connectivity index (χ4v) is 3.71. The van der Waals surface area contributed by atoms with E-state index in [1.54, 1.807) is 18.2 Å². The summed E-state index contributed by atoms with van der Waals surface area (Å²) in [6.45, 7) is 9.85. The number of rotatable bonds is 11. The first-order valence-corrected chi connectivity index (χ1v) is 11.3. The fourth-order valence-electron chi connectivity index (χ4n) is 3.71. The van der Waals surface area contributed by atoms with E-state index in [4.69, 9.17) is 6.42 Å². The molecule has 0 saturated heterocycles. The molecule has 1 aliphatic rings. The second-order valence-electron chi connectivity index (χ2n) is 9.24. The van der Waals surface area contributed by atoms with Gasteiger partial charge < -0.3 is 20.6 Å². The summed E-state index contributed by atoms with van der Waals surface area (Å²) in [6.07, 6.45) is 10.2. The third kappa shape index (κ3) is 8.30. The van der Waals surface area contributed by atoms with Crippen molar-refractivity contribution in [2.24, 2.45) is 23.7 Å². The second kappa shape index (κ2) is 12.1. The minimum Gasteiger partial charge on any atom is -0.481 e. The number of carbonyl (C=O) groups excluding carboxylic acids is 1. The Morgan fingerprint density at radius 1 is 1.24 bits per heavy atom. The van der Waals surface area contributed by atoms with Gasteiger partial charge in [0.2, 0.25) is 0 Å². The van der Waals surface area contributed by atoms with Crippen LogP contribution in [0.25, 0.3) is 0 Å². The molecular formula is C26H34FN3O3. The van der Waals surface area contributed by atoms with Crippen molar-refractivity contribution in [3.05, 3.63) is 53.6 Å². The second-order valence-corrected chi connectivity index (χ2v) is 9.24. The Labute approximate surface area is 195 Å². The molecule has 1 aromatic rings. The van der Waals surface area contributed by atoms with Gasteiger partial charge in [-0.3, -0.25) is 4.79 Å². The molecule has 6 nitrogen and oxygen atoms in total. The van der Waals surface area contributed by atoms with E-state index in [1.165, 1.54) is 12.1 Å². The summed E-state index contributed by atoms with van der Waals surface area (Å²) in [5.74, 6) is 1.57. The van der Waals surface area contributed by atoms with Crippen molar-refractivity contribution in [3.63, 3.8) is 0 Å². The van der Waals surface area contributed by atoms with Crippen LogP contribution in [0.4, 0.5) is 14.9 Å². The lowest BCUT2D eigenvalue weighted by Crippen LogP contribution is -2.37. The minimum absolute atomic E-state index is 0.0182. The number of carbonyl (C=O) groups is 2. The lowest BCUT2D eigenvalue weighted by Gasteiger charge is -2.32. The normalized spacial score (nSPS) is 18.1. The molecule has 0 radical (unpaired) electrons. The number of allylic oxidation sites excluding steroid dienone is 2. The number of carboxylic acids is 1. The van der Waals surface area contributed by atoms with Crippen LogP contribution in [0.2, 0.25) is 0 Å². The van der Waals surface area contributed by atoms with Gasteiger partial charge >= 0.3 is 12.0 Å². The first-order valence-electron chi connectivity index (χ1n) is 11.3. The third-order valence-corrected chi connectivity index (χ3v) is 5.24. The summed E-state index contributed by atoms with van der Waals surface area (Å²) >= 11 is 0. The molecule has 0 heterocycles. The van der Waals surface area contributed by atoms with Crippen LogP contribution < -0.4 is 10.6 Å². The number of hydrogen-bond donors (Lipinski definition) is 3. The highest BCUT2D eigenvalue weighted by Crippen LogP contribution is 2.42. The maximum atomic E-state index is 14.0. The molecule has 3 N–H and O–H groups in total. The smallest absolute Gasteiger partial charge is 0.323 e. The van der Waals surface area contributed by atoms with E-state index < -0.39 is 17.8 Å². The predicted octanol–water partition coefficient (Wildman–Crippen LogP) is 5.07. The van der Waals surface area contributed by atoms with Gasteiger partial charge in [0, 0.05) is 19.2 Å². The van der Waals surface area contributed by atoms with E-state index in [-0.39, 0.29) is 17.5 Å². The molecule has 2 atom stereocenters. The highest BCUT2D eigenvalue weighted by atomic mass is 19.1. The SMILES string of the molecule is C#C/C=C(\C(=C/CC1CC1C(=O)O)NC(=O)Nc1ccccc1F)N(CC(C)C)CC(C)C. The van der Waals surface area contributed by atoms with Crippen molar-refractivity contribution in [1.82, 2.24) is 10.2 Å². The number of urea groups is 1. The zero-order valence-corrected chi connectivity index (χ0v) is 19.8. The molecule has 7 heteroatoms. The maximum Gasteiger partial charge on any atom is 0.323 e. The number of amides is 2. The number of nitrogens with one attached hydrogen (secondary N) is 2. The fraction of sp³-hybridized carbons (Fsp3) is 0.462. The molecule has 1 aliphatic carbocycles. The van der Waals surface area contributed by atoms with Crippen molar-refractivity contribution in [3.8, 4) is 12.3 Å². The molecule has 0 bridgehead atoms. The summed E-state index contributed by atoms with van der Waals surface area (Å²) < 4.78 is 14.0. The molecular weight excluding hydrogens is 421 g/mol. The van der Waals surface area contributed by atoms with Crippen LogP contribution in [0.3, 0.4) is 0 Å². The number of para-hydroxylation sites is 1. The standard InChI is InChI=1S/C26H34FN3O3/c1-6-9-24(30(15-17(2)3)16-18(4)5)23(13-12-19-14-20(19)25(31)32)29-26(33)28-22-11-8-7-10-21(22)27/h1,7-11,13,17-20H,12,14-16H2,2-5H3,(H,31,32)(H2,28,29,33)/b23-13+,24-9+. The van der Waals surface area contributed by atoms with Crippen molar-refractivity contribution in [1.29, 1.82) is 0 Å². The molecule has 2 unspecified atom stereocenters. The van der Waals surface area contributed by atoms with Gasteiger partial charge in [-0.15, -0.1) is 6.42 Å². The van der Waals surface area contributed by atoms with Crippen LogP contribution in [0.15, 0.2) is 47.8 Å². The van der Waals surface area contributed by atoms with E-state index in [0.29, 0.717) is 36.1 Å². The molecule has 0 aliphatic heterocycles. The molecule has 33 heavy (non-hydrogen) atoms. The summed E-state index contributed by atoms with van der Waals surface area (Å²) in [4.78, 5) is 26.1. The van der Waals surface area contributed by atoms with Gasteiger partial charge in [-0.05, 0) is 42.7 Å². The molecule has 2 rings (SSSR count). The molecule has 0 spiro atoms. The van der Waals surface area contributed by atoms with Gasteiger partial charge in [-0.1, -0.05) is 51.8 Å². The van der Waals surface area contributed by atoms with Crippen LogP contribution in [-0.4, -0.2) is 35.1 Å². The van der Waals surface area contributed by atoms with Gasteiger partial charge in [-0.25, -0.2) is 9.18 Å². The average molecular weight is 456 g/mol. The number of benzene rings is 1. The Morgan fingerprint density at radius 2 is 1.88 bits per heavy atom. The number of aliphatic carboxylic acids is 1. The largest absolute Gasteiger partial charge is 0.481 e. The Bertz CT molecular complexity index is 936. The number of halogens is 1. The first-order chi connectivity index (χ1) is 15.6. The molecule has 1 saturated carbocycles. The van der Waals surface area contributed by atoms with Crippen LogP contribution in [0.5, 0.6) is 0 Å². The van der Waals surface area contributed by atoms with Crippen molar-refractivity contribution in [2.75, 3.05) is 18.4 Å². The predicted molar refractivity (Wildman–Crippen MR) is 129 cm³/mol. The van der Waals surface area contributed by atoms with Crippen molar-refractivity contribution in [2.45, 2.75) is 40.5 Å². The van der Waals surface area contributed by atoms with E-state index in [1.807, 2.05) is 6.08 Å². The Balaban J connectivity index is 2.32. The number of hydrogen-bond acceptors (Lipinski definition) is 3. The molecule has 1 fully saturated rings. The van der Waals surface area contributed by atoms with E-state index in [0.717, 1.165) is 13.1 Å². The summed E-state index contributed by atoms with van der Waals surface area (Å²) in [6, 6.07) is 5.31. The van der Waals surface area contributed by atoms with Gasteiger partial charge in [0.1, 0.15) is 5.82 Å². The Hall–Kier alpha value is -3.27. The van der Waals surface area contributed by atoms with E-state index >= 15 is 0 Å². The highest BCUT2D eigenvalue weighted by Gasteiger charge is 2.42. The van der Waals surface area contributed by atoms with E-state index in [2.05, 4.69) is 49.1 Å². The zero-order chi connectivity index (χ0) is 24.5. The number of terminal acetylenes is 1. The topological polar surface area (TPSA) is 81.7 Å². The first kappa shape index (κ1) is 26.0. The number of carboxylic acid groups (broad SMARTS) is 1. The molecule has 2 amide bonds. The molecule has 1 aromatic carbocycles. The minimum atomic E-state index is -0.805. The molecule has 0 aromatic heterocycles. The zero-order valence-electron chi connectivity index (χ0n) is 19.8. The maximum absolute atomic E-state index is 14.0. The van der Waals surface area contributed by atoms with Gasteiger partial charge in [0.05, 0.1) is 23.0 Å². The van der Waals surface area contributed by atoms with Gasteiger partial charge in [0.15, 0.2) is 0 Å². The van der Waals surface area contributed by atoms with Crippen LogP contribution in [0.1, 0.15) is 40.5 Å².